The number of para-hydroxylation sites is 1. The molecule has 2 aliphatic carbocycles. The van der Waals surface area contributed by atoms with Crippen LogP contribution in [-0.4, -0.2) is 4.57 Å². The summed E-state index contributed by atoms with van der Waals surface area (Å²) in [6, 6.07) is 86.1. The molecule has 0 saturated heterocycles. The fourth-order valence-electron chi connectivity index (χ4n) is 12.9. The van der Waals surface area contributed by atoms with Gasteiger partial charge in [-0.25, -0.2) is 0 Å². The van der Waals surface area contributed by atoms with Gasteiger partial charge in [0.1, 0.15) is 0 Å². The normalized spacial score (nSPS) is 15.5. The highest BCUT2D eigenvalue weighted by Crippen LogP contribution is 2.63. The third kappa shape index (κ3) is 6.84. The highest BCUT2D eigenvalue weighted by atomic mass is 15.1. The Kier molecular flexibility index (Phi) is 10.3. The summed E-state index contributed by atoms with van der Waals surface area (Å²) < 4.78 is 2.52. The Labute approximate surface area is 437 Å². The molecule has 13 rings (SSSR count). The Morgan fingerprint density at radius 2 is 0.824 bits per heavy atom. The third-order valence-electron chi connectivity index (χ3n) is 18.3. The fraction of sp³-hybridized carbons (Fsp3) is 0.167. The SMILES string of the molecule is CC1(C)c2ccccc2-c2cc3c4ccccc4n(-c4cccc(-c5cc6c(cc5N(c5ccc(-c7ccccc7)cc5)c5ccc(-c7cccc(-c8ccccc8)c7)cc5)C(C)(C)C(C)(C)C6(C)C)c4)c3cc21. The molecule has 0 radical (unpaired) electrons. The van der Waals surface area contributed by atoms with Crippen LogP contribution in [-0.2, 0) is 16.2 Å². The van der Waals surface area contributed by atoms with E-state index in [0.29, 0.717) is 0 Å². The number of nitrogens with zero attached hydrogens (tertiary/aromatic N) is 2. The molecule has 11 aromatic rings. The van der Waals surface area contributed by atoms with Crippen LogP contribution in [0.3, 0.4) is 0 Å². The minimum absolute atomic E-state index is 0.0329. The lowest BCUT2D eigenvalue weighted by Gasteiger charge is -2.44. The molecule has 0 aliphatic heterocycles. The first-order valence-corrected chi connectivity index (χ1v) is 26.4. The van der Waals surface area contributed by atoms with Gasteiger partial charge in [-0.05, 0) is 161 Å². The maximum atomic E-state index is 2.56. The monoisotopic (exact) mass is 954 g/mol. The molecule has 0 spiro atoms. The number of fused-ring (bicyclic) bond motifs is 7. The van der Waals surface area contributed by atoms with E-state index < -0.39 is 0 Å². The predicted molar refractivity (Wildman–Crippen MR) is 315 cm³/mol. The average molecular weight is 955 g/mol. The van der Waals surface area contributed by atoms with Crippen LogP contribution in [0, 0.1) is 5.41 Å². The smallest absolute Gasteiger partial charge is 0.0544 e. The molecule has 0 fully saturated rings. The highest BCUT2D eigenvalue weighted by molar-refractivity contribution is 6.12. The number of anilines is 3. The molecule has 360 valence electrons. The van der Waals surface area contributed by atoms with E-state index >= 15 is 0 Å². The number of hydrogen-bond donors (Lipinski definition) is 0. The van der Waals surface area contributed by atoms with E-state index in [1.165, 1.54) is 99.7 Å². The number of rotatable bonds is 8. The Bertz CT molecular complexity index is 3980. The van der Waals surface area contributed by atoms with Crippen molar-refractivity contribution in [2.24, 2.45) is 5.41 Å². The van der Waals surface area contributed by atoms with Crippen LogP contribution in [0.15, 0.2) is 231 Å². The zero-order valence-corrected chi connectivity index (χ0v) is 43.8. The summed E-state index contributed by atoms with van der Waals surface area (Å²) in [6.07, 6.45) is 0. The van der Waals surface area contributed by atoms with E-state index in [4.69, 9.17) is 0 Å². The van der Waals surface area contributed by atoms with Crippen molar-refractivity contribution in [3.8, 4) is 61.3 Å². The van der Waals surface area contributed by atoms with E-state index in [1.807, 2.05) is 0 Å². The van der Waals surface area contributed by atoms with Gasteiger partial charge in [-0.1, -0.05) is 213 Å². The summed E-state index contributed by atoms with van der Waals surface area (Å²) in [5, 5.41) is 2.55. The van der Waals surface area contributed by atoms with E-state index in [2.05, 4.69) is 295 Å². The summed E-state index contributed by atoms with van der Waals surface area (Å²) in [6.45, 7) is 19.5. The minimum atomic E-state index is -0.121. The van der Waals surface area contributed by atoms with Gasteiger partial charge >= 0.3 is 0 Å². The van der Waals surface area contributed by atoms with Gasteiger partial charge in [-0.15, -0.1) is 0 Å². The van der Waals surface area contributed by atoms with Crippen molar-refractivity contribution in [2.75, 3.05) is 4.90 Å². The average Bonchev–Trinajstić information content (AvgIpc) is 3.91. The zero-order valence-electron chi connectivity index (χ0n) is 43.8. The third-order valence-corrected chi connectivity index (χ3v) is 18.3. The predicted octanol–water partition coefficient (Wildman–Crippen LogP) is 19.8. The second-order valence-corrected chi connectivity index (χ2v) is 23.0. The standard InChI is InChI=1S/C72H62N2/c1-69(2)62-31-17-15-29-57(62)60-43-61-58-30-16-18-32-66(58)74(68(61)45-63(60)69)56-28-20-27-53(42-56)59-44-64-65(71(5,6)72(7,8)70(64,3)4)46-67(59)73(54-37-33-49(34-38-54)47-21-11-9-12-22-47)55-39-35-50(36-40-55)52-26-19-25-51(41-52)48-23-13-10-14-24-48/h9-46H,1-8H3. The van der Waals surface area contributed by atoms with Gasteiger partial charge in [-0.3, -0.25) is 0 Å². The summed E-state index contributed by atoms with van der Waals surface area (Å²) in [4.78, 5) is 2.51. The van der Waals surface area contributed by atoms with E-state index in [1.54, 1.807) is 0 Å². The topological polar surface area (TPSA) is 8.17 Å². The molecule has 0 bridgehead atoms. The molecule has 2 heteroatoms. The van der Waals surface area contributed by atoms with E-state index in [-0.39, 0.29) is 21.7 Å². The zero-order chi connectivity index (χ0) is 50.7. The van der Waals surface area contributed by atoms with Crippen molar-refractivity contribution < 1.29 is 0 Å². The first-order chi connectivity index (χ1) is 35.7. The lowest BCUT2D eigenvalue weighted by atomic mass is 9.59. The molecule has 0 saturated carbocycles. The first-order valence-electron chi connectivity index (χ1n) is 26.4. The summed E-state index contributed by atoms with van der Waals surface area (Å²) in [5.74, 6) is 0. The second kappa shape index (κ2) is 16.7. The Balaban J connectivity index is 1.02. The molecule has 0 N–H and O–H groups in total. The molecule has 2 aliphatic rings. The minimum Gasteiger partial charge on any atom is -0.310 e. The van der Waals surface area contributed by atoms with Gasteiger partial charge in [-0.2, -0.15) is 0 Å². The van der Waals surface area contributed by atoms with Crippen LogP contribution in [0.5, 0.6) is 0 Å². The Morgan fingerprint density at radius 1 is 0.311 bits per heavy atom. The van der Waals surface area contributed by atoms with E-state index in [9.17, 15) is 0 Å². The van der Waals surface area contributed by atoms with Gasteiger partial charge in [0.05, 0.1) is 16.7 Å². The van der Waals surface area contributed by atoms with E-state index in [0.717, 1.165) is 22.7 Å². The van der Waals surface area contributed by atoms with Crippen molar-refractivity contribution in [3.63, 3.8) is 0 Å². The largest absolute Gasteiger partial charge is 0.310 e. The fourth-order valence-corrected chi connectivity index (χ4v) is 12.9. The van der Waals surface area contributed by atoms with Gasteiger partial charge in [0.2, 0.25) is 0 Å². The summed E-state index contributed by atoms with van der Waals surface area (Å²) >= 11 is 0. The lowest BCUT2D eigenvalue weighted by molar-refractivity contribution is 0.125. The van der Waals surface area contributed by atoms with Gasteiger partial charge in [0.25, 0.3) is 0 Å². The van der Waals surface area contributed by atoms with Crippen molar-refractivity contribution >= 4 is 38.9 Å². The molecule has 10 aromatic carbocycles. The molecule has 0 amide bonds. The maximum absolute atomic E-state index is 2.56. The molecule has 1 heterocycles. The van der Waals surface area contributed by atoms with Gasteiger partial charge in [0.15, 0.2) is 0 Å². The molecule has 74 heavy (non-hydrogen) atoms. The van der Waals surface area contributed by atoms with Crippen molar-refractivity contribution in [1.29, 1.82) is 0 Å². The van der Waals surface area contributed by atoms with Crippen LogP contribution in [0.2, 0.25) is 0 Å². The van der Waals surface area contributed by atoms with Crippen LogP contribution in [0.4, 0.5) is 17.1 Å². The van der Waals surface area contributed by atoms with Crippen LogP contribution in [0.25, 0.3) is 83.1 Å². The Morgan fingerprint density at radius 3 is 1.49 bits per heavy atom. The summed E-state index contributed by atoms with van der Waals surface area (Å²) in [5.41, 5.74) is 24.5. The molecule has 1 aromatic heterocycles. The Hall–Kier alpha value is -8.20. The number of benzene rings is 10. The van der Waals surface area contributed by atoms with Crippen LogP contribution >= 0.6 is 0 Å². The molecule has 2 nitrogen and oxygen atoms in total. The second-order valence-electron chi connectivity index (χ2n) is 23.0. The van der Waals surface area contributed by atoms with Crippen LogP contribution in [0.1, 0.15) is 77.6 Å². The summed E-state index contributed by atoms with van der Waals surface area (Å²) in [7, 11) is 0. The molecular weight excluding hydrogens is 893 g/mol. The van der Waals surface area contributed by atoms with Gasteiger partial charge < -0.3 is 9.47 Å². The molecule has 0 atom stereocenters. The van der Waals surface area contributed by atoms with Crippen molar-refractivity contribution in [2.45, 2.75) is 71.6 Å². The quantitative estimate of drug-likeness (QED) is 0.147. The molecule has 0 unspecified atom stereocenters. The lowest BCUT2D eigenvalue weighted by Crippen LogP contribution is -2.42. The highest BCUT2D eigenvalue weighted by Gasteiger charge is 2.57. The number of hydrogen-bond acceptors (Lipinski definition) is 1. The van der Waals surface area contributed by atoms with Crippen molar-refractivity contribution in [3.05, 3.63) is 253 Å². The number of aromatic nitrogens is 1. The van der Waals surface area contributed by atoms with Gasteiger partial charge in [0, 0.05) is 38.8 Å². The first kappa shape index (κ1) is 45.6. The van der Waals surface area contributed by atoms with Crippen LogP contribution < -0.4 is 4.90 Å². The maximum Gasteiger partial charge on any atom is 0.0544 e. The van der Waals surface area contributed by atoms with Crippen molar-refractivity contribution in [1.82, 2.24) is 4.57 Å². The molecular formula is C72H62N2.